The van der Waals surface area contributed by atoms with Crippen LogP contribution in [-0.4, -0.2) is 44.2 Å². The molecule has 276 valence electrons. The Kier molecular flexibility index (Phi) is 9.88. The molecule has 0 fully saturated rings. The molecule has 0 amide bonds. The van der Waals surface area contributed by atoms with Gasteiger partial charge in [-0.25, -0.2) is 9.98 Å². The highest BCUT2D eigenvalue weighted by Crippen LogP contribution is 2.54. The molecule has 6 aromatic carbocycles. The second kappa shape index (κ2) is 15.1. The smallest absolute Gasteiger partial charge is 0.310 e. The molecule has 0 aromatic heterocycles. The molecule has 6 aromatic rings. The van der Waals surface area contributed by atoms with E-state index in [0.717, 1.165) is 38.4 Å². The molecule has 2 aliphatic heterocycles. The lowest BCUT2D eigenvalue weighted by atomic mass is 9.76. The van der Waals surface area contributed by atoms with Crippen LogP contribution in [-0.2, 0) is 15.8 Å². The summed E-state index contributed by atoms with van der Waals surface area (Å²) in [6.07, 6.45) is 0.104. The molecule has 55 heavy (non-hydrogen) atoms. The number of hydrogen-bond acceptors (Lipinski definition) is 7. The number of methoxy groups -OCH3 is 2. The summed E-state index contributed by atoms with van der Waals surface area (Å²) in [5.41, 5.74) is 3.05. The monoisotopic (exact) mass is 751 g/mol. The molecule has 0 unspecified atom stereocenters. The van der Waals surface area contributed by atoms with Crippen molar-refractivity contribution >= 4 is 29.2 Å². The summed E-state index contributed by atoms with van der Waals surface area (Å²) in [4.78, 5) is 10.8. The van der Waals surface area contributed by atoms with Gasteiger partial charge in [-0.15, -0.1) is 11.8 Å². The third kappa shape index (κ3) is 6.74. The molecular formula is C46H39F2N3O3S. The Morgan fingerprint density at radius 2 is 1.24 bits per heavy atom. The van der Waals surface area contributed by atoms with Crippen LogP contribution in [0.2, 0.25) is 0 Å². The quantitative estimate of drug-likeness (QED) is 0.118. The van der Waals surface area contributed by atoms with E-state index in [0.29, 0.717) is 28.5 Å². The third-order valence-electron chi connectivity index (χ3n) is 10.3. The van der Waals surface area contributed by atoms with Gasteiger partial charge in [0.15, 0.2) is 12.1 Å². The zero-order valence-electron chi connectivity index (χ0n) is 30.4. The minimum atomic E-state index is -3.33. The number of rotatable bonds is 9. The fraction of sp³-hybridized carbons (Fsp3) is 0.174. The van der Waals surface area contributed by atoms with E-state index in [4.69, 9.17) is 24.2 Å². The first-order chi connectivity index (χ1) is 26.8. The Morgan fingerprint density at radius 1 is 0.709 bits per heavy atom. The van der Waals surface area contributed by atoms with Gasteiger partial charge in [0.05, 0.1) is 25.6 Å². The Hall–Kier alpha value is -5.93. The van der Waals surface area contributed by atoms with Crippen molar-refractivity contribution in [3.63, 3.8) is 0 Å². The number of amidine groups is 1. The largest absolute Gasteiger partial charge is 0.497 e. The first-order valence-corrected chi connectivity index (χ1v) is 19.0. The maximum atomic E-state index is 16.8. The van der Waals surface area contributed by atoms with Gasteiger partial charge in [-0.1, -0.05) is 115 Å². The fourth-order valence-electron chi connectivity index (χ4n) is 7.47. The van der Waals surface area contributed by atoms with E-state index in [2.05, 4.69) is 5.32 Å². The second-order valence-electron chi connectivity index (χ2n) is 13.4. The van der Waals surface area contributed by atoms with Crippen LogP contribution in [0.4, 0.5) is 14.5 Å². The molecule has 0 saturated carbocycles. The molecule has 6 nitrogen and oxygen atoms in total. The van der Waals surface area contributed by atoms with E-state index in [1.807, 2.05) is 152 Å². The lowest BCUT2D eigenvalue weighted by Gasteiger charge is -2.45. The number of thioether (sulfide) groups is 1. The summed E-state index contributed by atoms with van der Waals surface area (Å²) in [6.45, 7) is -0.855. The highest BCUT2D eigenvalue weighted by Gasteiger charge is 2.60. The highest BCUT2D eigenvalue weighted by molar-refractivity contribution is 7.99. The molecule has 8 rings (SSSR count). The summed E-state index contributed by atoms with van der Waals surface area (Å²) >= 11 is 1.55. The van der Waals surface area contributed by atoms with Crippen LogP contribution < -0.4 is 14.8 Å². The van der Waals surface area contributed by atoms with Gasteiger partial charge in [0.2, 0.25) is 0 Å². The number of halogens is 2. The van der Waals surface area contributed by atoms with E-state index >= 15 is 8.78 Å². The van der Waals surface area contributed by atoms with Gasteiger partial charge < -0.3 is 19.5 Å². The summed E-state index contributed by atoms with van der Waals surface area (Å²) in [5.74, 6) is -1.50. The fourth-order valence-corrected chi connectivity index (χ4v) is 8.63. The van der Waals surface area contributed by atoms with Crippen molar-refractivity contribution in [3.8, 4) is 11.5 Å². The Morgan fingerprint density at radius 3 is 1.78 bits per heavy atom. The first-order valence-electron chi connectivity index (χ1n) is 18.1. The molecule has 1 spiro atoms. The van der Waals surface area contributed by atoms with Gasteiger partial charge in [0, 0.05) is 27.3 Å². The Labute approximate surface area is 323 Å². The molecule has 9 heteroatoms. The molecule has 0 radical (unpaired) electrons. The van der Waals surface area contributed by atoms with Crippen LogP contribution in [0, 0.1) is 0 Å². The normalized spacial score (nSPS) is 17.3. The Bertz CT molecular complexity index is 2230. The SMILES string of the molecule is COc1ccc(C(NC2=N[C@@]3(CCSc4ccc(N=C(c5ccccc5)c5ccccc5)cc43)C(F)(F)CO2)(c2ccccc2)c2ccc(OC)cc2)cc1. The first kappa shape index (κ1) is 36.1. The van der Waals surface area contributed by atoms with Crippen LogP contribution in [0.3, 0.4) is 0 Å². The highest BCUT2D eigenvalue weighted by atomic mass is 32.2. The number of alkyl halides is 2. The van der Waals surface area contributed by atoms with Gasteiger partial charge in [0.25, 0.3) is 6.02 Å². The zero-order chi connectivity index (χ0) is 37.9. The summed E-state index contributed by atoms with van der Waals surface area (Å²) < 4.78 is 50.5. The van der Waals surface area contributed by atoms with E-state index in [1.165, 1.54) is 0 Å². The maximum Gasteiger partial charge on any atom is 0.310 e. The summed E-state index contributed by atoms with van der Waals surface area (Å²) in [6, 6.07) is 50.6. The minimum absolute atomic E-state index is 0.0161. The van der Waals surface area contributed by atoms with Crippen molar-refractivity contribution in [3.05, 3.63) is 191 Å². The van der Waals surface area contributed by atoms with Crippen molar-refractivity contribution in [1.29, 1.82) is 0 Å². The van der Waals surface area contributed by atoms with Crippen molar-refractivity contribution in [2.75, 3.05) is 26.6 Å². The van der Waals surface area contributed by atoms with E-state index in [-0.39, 0.29) is 12.4 Å². The lowest BCUT2D eigenvalue weighted by molar-refractivity contribution is -0.126. The average Bonchev–Trinajstić information content (AvgIpc) is 3.24. The van der Waals surface area contributed by atoms with Crippen LogP contribution in [0.1, 0.15) is 39.8 Å². The predicted octanol–water partition coefficient (Wildman–Crippen LogP) is 10.2. The van der Waals surface area contributed by atoms with Crippen molar-refractivity contribution < 1.29 is 23.0 Å². The van der Waals surface area contributed by atoms with Crippen molar-refractivity contribution in [1.82, 2.24) is 5.32 Å². The van der Waals surface area contributed by atoms with Crippen LogP contribution in [0.5, 0.6) is 11.5 Å². The topological polar surface area (TPSA) is 64.4 Å². The van der Waals surface area contributed by atoms with Gasteiger partial charge in [-0.05, 0) is 65.6 Å². The van der Waals surface area contributed by atoms with Crippen LogP contribution in [0.15, 0.2) is 173 Å². The molecule has 2 aliphatic rings. The zero-order valence-corrected chi connectivity index (χ0v) is 31.2. The van der Waals surface area contributed by atoms with E-state index < -0.39 is 23.6 Å². The number of hydrogen-bond donors (Lipinski definition) is 1. The van der Waals surface area contributed by atoms with Gasteiger partial charge >= 0.3 is 5.92 Å². The molecule has 0 saturated heterocycles. The number of aliphatic imine (C=N–C) groups is 2. The van der Waals surface area contributed by atoms with Gasteiger partial charge in [0.1, 0.15) is 17.0 Å². The van der Waals surface area contributed by atoms with Crippen LogP contribution in [0.25, 0.3) is 0 Å². The minimum Gasteiger partial charge on any atom is -0.497 e. The second-order valence-corrected chi connectivity index (χ2v) is 14.6. The number of ether oxygens (including phenoxy) is 3. The van der Waals surface area contributed by atoms with Crippen LogP contribution >= 0.6 is 11.8 Å². The standard InChI is InChI=1S/C46H39F2N3O3S/c1-52-38-23-18-35(19-24-38)46(34-16-10-5-11-17-34,36-20-25-39(53-2)26-21-36)51-43-50-44(45(47,48)31-54-43)28-29-55-41-27-22-37(30-40(41)44)49-42(32-12-6-3-7-13-32)33-14-8-4-9-15-33/h3-27,30H,28-29,31H2,1-2H3,(H,50,51)/t44-/m1/s1. The molecule has 1 atom stereocenters. The number of nitrogens with zero attached hydrogens (tertiary/aromatic N) is 2. The van der Waals surface area contributed by atoms with Crippen molar-refractivity contribution in [2.45, 2.75) is 28.3 Å². The average molecular weight is 752 g/mol. The number of nitrogens with one attached hydrogen (secondary N) is 1. The lowest BCUT2D eigenvalue weighted by Crippen LogP contribution is -2.57. The van der Waals surface area contributed by atoms with Gasteiger partial charge in [-0.2, -0.15) is 8.78 Å². The maximum absolute atomic E-state index is 16.8. The molecule has 0 aliphatic carbocycles. The molecular weight excluding hydrogens is 713 g/mol. The third-order valence-corrected chi connectivity index (χ3v) is 11.4. The van der Waals surface area contributed by atoms with E-state index in [1.54, 1.807) is 32.0 Å². The van der Waals surface area contributed by atoms with Crippen molar-refractivity contribution in [2.24, 2.45) is 9.98 Å². The molecule has 2 heterocycles. The van der Waals surface area contributed by atoms with E-state index in [9.17, 15) is 0 Å². The summed E-state index contributed by atoms with van der Waals surface area (Å²) in [7, 11) is 3.24. The number of benzene rings is 6. The molecule has 0 bridgehead atoms. The van der Waals surface area contributed by atoms with Gasteiger partial charge in [-0.3, -0.25) is 0 Å². The summed E-state index contributed by atoms with van der Waals surface area (Å²) in [5, 5.41) is 3.60. The number of fused-ring (bicyclic) bond motifs is 2. The molecule has 1 N–H and O–H groups in total. The predicted molar refractivity (Wildman–Crippen MR) is 215 cm³/mol. The Balaban J connectivity index is 1.30.